The Morgan fingerprint density at radius 3 is 2.73 bits per heavy atom. The van der Waals surface area contributed by atoms with E-state index >= 15 is 0 Å². The van der Waals surface area contributed by atoms with Crippen molar-refractivity contribution in [1.82, 2.24) is 4.98 Å². The third-order valence-electron chi connectivity index (χ3n) is 3.57. The maximum atomic E-state index is 11.2. The third kappa shape index (κ3) is 3.40. The maximum Gasteiger partial charge on any atom is 0.136 e. The first-order valence-electron chi connectivity index (χ1n) is 6.64. The van der Waals surface area contributed by atoms with E-state index < -0.39 is 5.60 Å². The van der Waals surface area contributed by atoms with E-state index in [-0.39, 0.29) is 5.92 Å². The lowest BCUT2D eigenvalue weighted by molar-refractivity contribution is 0.0842. The molecule has 116 valence electrons. The maximum absolute atomic E-state index is 11.2. The minimum atomic E-state index is -1.41. The highest BCUT2D eigenvalue weighted by Crippen LogP contribution is 2.39. The summed E-state index contributed by atoms with van der Waals surface area (Å²) in [5.74, 6) is -0.389. The number of rotatable bonds is 5. The first-order valence-corrected chi connectivity index (χ1v) is 7.40. The van der Waals surface area contributed by atoms with Gasteiger partial charge in [-0.05, 0) is 23.8 Å². The van der Waals surface area contributed by atoms with Crippen LogP contribution in [0, 0.1) is 0 Å². The number of hydrogen-bond acceptors (Lipinski definition) is 4. The van der Waals surface area contributed by atoms with E-state index in [1.54, 1.807) is 42.7 Å². The van der Waals surface area contributed by atoms with Gasteiger partial charge in [-0.1, -0.05) is 47.4 Å². The average molecular weight is 339 g/mol. The standard InChI is InChI=1S/C16H16Cl2N2O2/c1-11(14-6-5-13(17)8-15(14)18)16(21,10-20-22-2)12-4-3-7-19-9-12/h3-11,21H,1-2H3/b20-10+. The smallest absolute Gasteiger partial charge is 0.136 e. The topological polar surface area (TPSA) is 54.7 Å². The minimum absolute atomic E-state index is 0.389. The molecule has 1 aromatic heterocycles. The van der Waals surface area contributed by atoms with Gasteiger partial charge in [0.05, 0.1) is 6.21 Å². The Balaban J connectivity index is 2.51. The zero-order valence-electron chi connectivity index (χ0n) is 12.2. The van der Waals surface area contributed by atoms with Crippen LogP contribution >= 0.6 is 23.2 Å². The lowest BCUT2D eigenvalue weighted by Crippen LogP contribution is -2.34. The van der Waals surface area contributed by atoms with E-state index in [2.05, 4.69) is 10.1 Å². The fraction of sp³-hybridized carbons (Fsp3) is 0.250. The molecule has 1 aromatic carbocycles. The molecule has 0 aliphatic rings. The molecule has 0 radical (unpaired) electrons. The van der Waals surface area contributed by atoms with E-state index in [1.807, 2.05) is 6.92 Å². The average Bonchev–Trinajstić information content (AvgIpc) is 2.53. The third-order valence-corrected chi connectivity index (χ3v) is 4.13. The zero-order chi connectivity index (χ0) is 16.2. The summed E-state index contributed by atoms with van der Waals surface area (Å²) >= 11 is 12.2. The summed E-state index contributed by atoms with van der Waals surface area (Å²) < 4.78 is 0. The van der Waals surface area contributed by atoms with Gasteiger partial charge in [0.15, 0.2) is 0 Å². The van der Waals surface area contributed by atoms with Crippen molar-refractivity contribution < 1.29 is 9.94 Å². The molecule has 0 bridgehead atoms. The van der Waals surface area contributed by atoms with Crippen molar-refractivity contribution in [2.24, 2.45) is 5.16 Å². The molecule has 4 nitrogen and oxygen atoms in total. The van der Waals surface area contributed by atoms with Crippen LogP contribution in [0.15, 0.2) is 47.9 Å². The molecule has 0 spiro atoms. The molecular formula is C16H16Cl2N2O2. The Morgan fingerprint density at radius 1 is 1.36 bits per heavy atom. The number of oxime groups is 1. The monoisotopic (exact) mass is 338 g/mol. The van der Waals surface area contributed by atoms with E-state index in [9.17, 15) is 5.11 Å². The molecule has 0 aliphatic carbocycles. The Labute approximate surface area is 139 Å². The van der Waals surface area contributed by atoms with Crippen molar-refractivity contribution >= 4 is 29.4 Å². The lowest BCUT2D eigenvalue weighted by atomic mass is 9.80. The second-order valence-electron chi connectivity index (χ2n) is 4.87. The first-order chi connectivity index (χ1) is 10.5. The number of hydrogen-bond donors (Lipinski definition) is 1. The predicted octanol–water partition coefficient (Wildman–Crippen LogP) is 4.01. The van der Waals surface area contributed by atoms with Crippen molar-refractivity contribution in [3.63, 3.8) is 0 Å². The molecule has 1 N–H and O–H groups in total. The van der Waals surface area contributed by atoms with Crippen LogP contribution < -0.4 is 0 Å². The van der Waals surface area contributed by atoms with Crippen molar-refractivity contribution in [3.8, 4) is 0 Å². The summed E-state index contributed by atoms with van der Waals surface area (Å²) in [6.07, 6.45) is 4.57. The van der Waals surface area contributed by atoms with Crippen LogP contribution in [-0.4, -0.2) is 23.4 Å². The van der Waals surface area contributed by atoms with Crippen molar-refractivity contribution in [1.29, 1.82) is 0 Å². The Morgan fingerprint density at radius 2 is 2.14 bits per heavy atom. The van der Waals surface area contributed by atoms with Crippen LogP contribution in [0.2, 0.25) is 10.0 Å². The predicted molar refractivity (Wildman–Crippen MR) is 88.5 cm³/mol. The molecule has 1 heterocycles. The summed E-state index contributed by atoms with van der Waals surface area (Å²) in [6.45, 7) is 1.85. The van der Waals surface area contributed by atoms with Gasteiger partial charge in [0, 0.05) is 33.9 Å². The summed E-state index contributed by atoms with van der Waals surface area (Å²) in [5, 5.41) is 15.9. The molecule has 2 rings (SSSR count). The van der Waals surface area contributed by atoms with Crippen LogP contribution in [0.3, 0.4) is 0 Å². The van der Waals surface area contributed by atoms with E-state index in [4.69, 9.17) is 28.0 Å². The Hall–Kier alpha value is -1.62. The summed E-state index contributed by atoms with van der Waals surface area (Å²) in [4.78, 5) is 8.78. The van der Waals surface area contributed by atoms with Gasteiger partial charge >= 0.3 is 0 Å². The van der Waals surface area contributed by atoms with Gasteiger partial charge in [0.25, 0.3) is 0 Å². The quantitative estimate of drug-likeness (QED) is 0.661. The highest BCUT2D eigenvalue weighted by molar-refractivity contribution is 6.35. The highest BCUT2D eigenvalue weighted by atomic mass is 35.5. The second-order valence-corrected chi connectivity index (χ2v) is 5.72. The number of nitrogens with zero attached hydrogens (tertiary/aromatic N) is 2. The molecule has 2 unspecified atom stereocenters. The summed E-state index contributed by atoms with van der Waals surface area (Å²) in [6, 6.07) is 8.69. The highest BCUT2D eigenvalue weighted by Gasteiger charge is 2.37. The summed E-state index contributed by atoms with van der Waals surface area (Å²) in [5.41, 5.74) is -0.0730. The van der Waals surface area contributed by atoms with Gasteiger partial charge in [-0.15, -0.1) is 0 Å². The zero-order valence-corrected chi connectivity index (χ0v) is 13.7. The fourth-order valence-electron chi connectivity index (χ4n) is 2.26. The molecule has 6 heteroatoms. The van der Waals surface area contributed by atoms with Crippen LogP contribution in [0.1, 0.15) is 24.0 Å². The molecular weight excluding hydrogens is 323 g/mol. The van der Waals surface area contributed by atoms with E-state index in [1.165, 1.54) is 13.3 Å². The van der Waals surface area contributed by atoms with Gasteiger partial charge in [-0.25, -0.2) is 0 Å². The van der Waals surface area contributed by atoms with E-state index in [0.717, 1.165) is 5.56 Å². The van der Waals surface area contributed by atoms with Gasteiger partial charge in [-0.3, -0.25) is 4.98 Å². The van der Waals surface area contributed by atoms with E-state index in [0.29, 0.717) is 15.6 Å². The lowest BCUT2D eigenvalue weighted by Gasteiger charge is -2.31. The summed E-state index contributed by atoms with van der Waals surface area (Å²) in [7, 11) is 1.42. The van der Waals surface area contributed by atoms with Gasteiger partial charge in [0.1, 0.15) is 12.7 Å². The molecule has 2 atom stereocenters. The molecule has 22 heavy (non-hydrogen) atoms. The molecule has 0 aliphatic heterocycles. The number of aromatic nitrogens is 1. The second kappa shape index (κ2) is 7.09. The molecule has 0 amide bonds. The number of aliphatic hydroxyl groups is 1. The number of benzene rings is 1. The van der Waals surface area contributed by atoms with Crippen LogP contribution in [0.4, 0.5) is 0 Å². The minimum Gasteiger partial charge on any atom is -0.399 e. The Bertz CT molecular complexity index is 664. The fourth-order valence-corrected chi connectivity index (χ4v) is 2.83. The van der Waals surface area contributed by atoms with Crippen molar-refractivity contribution in [2.45, 2.75) is 18.4 Å². The van der Waals surface area contributed by atoms with Crippen LogP contribution in [0.25, 0.3) is 0 Å². The Kier molecular flexibility index (Phi) is 5.40. The van der Waals surface area contributed by atoms with Gasteiger partial charge < -0.3 is 9.94 Å². The van der Waals surface area contributed by atoms with Crippen LogP contribution in [0.5, 0.6) is 0 Å². The normalized spacial score (nSPS) is 15.5. The molecule has 0 saturated carbocycles. The van der Waals surface area contributed by atoms with Crippen molar-refractivity contribution in [2.75, 3.05) is 7.11 Å². The van der Waals surface area contributed by atoms with Gasteiger partial charge in [0.2, 0.25) is 0 Å². The molecule has 0 fully saturated rings. The molecule has 2 aromatic rings. The van der Waals surface area contributed by atoms with Crippen molar-refractivity contribution in [3.05, 3.63) is 63.9 Å². The SMILES string of the molecule is CO/N=C/C(O)(c1cccnc1)C(C)c1ccc(Cl)cc1Cl. The van der Waals surface area contributed by atoms with Crippen LogP contribution in [-0.2, 0) is 10.4 Å². The largest absolute Gasteiger partial charge is 0.399 e. The number of pyridine rings is 1. The molecule has 0 saturated heterocycles. The first kappa shape index (κ1) is 16.7. The van der Waals surface area contributed by atoms with Gasteiger partial charge in [-0.2, -0.15) is 0 Å². The number of halogens is 2.